The Morgan fingerprint density at radius 1 is 1.47 bits per heavy atom. The molecular formula is C14H19BrFNO2. The van der Waals surface area contributed by atoms with E-state index in [9.17, 15) is 9.50 Å². The lowest BCUT2D eigenvalue weighted by atomic mass is 10.2. The Labute approximate surface area is 121 Å². The average Bonchev–Trinajstić information content (AvgIpc) is 3.18. The molecule has 19 heavy (non-hydrogen) atoms. The van der Waals surface area contributed by atoms with Gasteiger partial charge in [0.15, 0.2) is 0 Å². The molecule has 1 aliphatic carbocycles. The number of rotatable bonds is 8. The molecule has 0 bridgehead atoms. The number of aliphatic hydroxyl groups is 1. The molecule has 1 aromatic carbocycles. The average molecular weight is 332 g/mol. The van der Waals surface area contributed by atoms with Gasteiger partial charge >= 0.3 is 0 Å². The predicted molar refractivity (Wildman–Crippen MR) is 75.4 cm³/mol. The fourth-order valence-corrected chi connectivity index (χ4v) is 2.15. The first-order chi connectivity index (χ1) is 9.15. The van der Waals surface area contributed by atoms with Crippen LogP contribution >= 0.6 is 15.9 Å². The summed E-state index contributed by atoms with van der Waals surface area (Å²) >= 11 is 3.37. The first-order valence-electron chi connectivity index (χ1n) is 6.55. The van der Waals surface area contributed by atoms with Crippen LogP contribution in [0.4, 0.5) is 4.39 Å². The molecule has 1 aliphatic rings. The van der Waals surface area contributed by atoms with Crippen LogP contribution in [0.3, 0.4) is 0 Å². The van der Waals surface area contributed by atoms with E-state index < -0.39 is 6.10 Å². The zero-order chi connectivity index (χ0) is 13.7. The first-order valence-corrected chi connectivity index (χ1v) is 7.35. The minimum absolute atomic E-state index is 0.256. The maximum Gasteiger partial charge on any atom is 0.123 e. The van der Waals surface area contributed by atoms with E-state index in [-0.39, 0.29) is 5.82 Å². The van der Waals surface area contributed by atoms with Crippen LogP contribution < -0.4 is 5.32 Å². The zero-order valence-corrected chi connectivity index (χ0v) is 12.3. The van der Waals surface area contributed by atoms with Gasteiger partial charge in [-0.3, -0.25) is 0 Å². The third-order valence-corrected chi connectivity index (χ3v) is 3.84. The Bertz CT molecular complexity index is 412. The summed E-state index contributed by atoms with van der Waals surface area (Å²) in [6.07, 6.45) is 1.98. The van der Waals surface area contributed by atoms with Crippen LogP contribution in [0.25, 0.3) is 0 Å². The maximum atomic E-state index is 13.1. The standard InChI is InChI=1S/C14H19BrFNO2/c15-14-4-3-12(16)5-11(14)6-17-7-13(18)9-19-8-10-1-2-10/h3-5,10,13,17-18H,1-2,6-9H2. The number of benzene rings is 1. The summed E-state index contributed by atoms with van der Waals surface area (Å²) in [5, 5.41) is 12.8. The Hall–Kier alpha value is -0.490. The molecule has 0 aliphatic heterocycles. The van der Waals surface area contributed by atoms with Gasteiger partial charge < -0.3 is 15.2 Å². The van der Waals surface area contributed by atoms with Crippen molar-refractivity contribution in [3.8, 4) is 0 Å². The van der Waals surface area contributed by atoms with Gasteiger partial charge in [-0.05, 0) is 42.5 Å². The molecule has 0 spiro atoms. The van der Waals surface area contributed by atoms with Crippen molar-refractivity contribution in [1.82, 2.24) is 5.32 Å². The molecule has 1 saturated carbocycles. The van der Waals surface area contributed by atoms with Crippen LogP contribution in [-0.4, -0.2) is 31.0 Å². The summed E-state index contributed by atoms with van der Waals surface area (Å²) in [4.78, 5) is 0. The summed E-state index contributed by atoms with van der Waals surface area (Å²) in [6, 6.07) is 4.57. The minimum atomic E-state index is -0.522. The minimum Gasteiger partial charge on any atom is -0.389 e. The van der Waals surface area contributed by atoms with Crippen molar-refractivity contribution in [2.45, 2.75) is 25.5 Å². The van der Waals surface area contributed by atoms with E-state index in [0.29, 0.717) is 25.6 Å². The van der Waals surface area contributed by atoms with Gasteiger partial charge in [0.05, 0.1) is 12.7 Å². The van der Waals surface area contributed by atoms with Crippen molar-refractivity contribution in [1.29, 1.82) is 0 Å². The van der Waals surface area contributed by atoms with Crippen LogP contribution in [-0.2, 0) is 11.3 Å². The van der Waals surface area contributed by atoms with E-state index in [0.717, 1.165) is 16.6 Å². The summed E-state index contributed by atoms with van der Waals surface area (Å²) in [5.41, 5.74) is 0.839. The molecule has 0 heterocycles. The maximum absolute atomic E-state index is 13.1. The fourth-order valence-electron chi connectivity index (χ4n) is 1.77. The van der Waals surface area contributed by atoms with Crippen molar-refractivity contribution < 1.29 is 14.2 Å². The van der Waals surface area contributed by atoms with Crippen molar-refractivity contribution in [2.75, 3.05) is 19.8 Å². The second-order valence-electron chi connectivity index (χ2n) is 5.00. The van der Waals surface area contributed by atoms with Crippen molar-refractivity contribution in [3.63, 3.8) is 0 Å². The number of hydrogen-bond acceptors (Lipinski definition) is 3. The first kappa shape index (κ1) is 14.9. The van der Waals surface area contributed by atoms with Crippen molar-refractivity contribution in [2.24, 2.45) is 5.92 Å². The molecule has 1 fully saturated rings. The summed E-state index contributed by atoms with van der Waals surface area (Å²) in [5.74, 6) is 0.455. The van der Waals surface area contributed by atoms with E-state index in [1.807, 2.05) is 0 Å². The van der Waals surface area contributed by atoms with Gasteiger partial charge in [-0.15, -0.1) is 0 Å². The molecule has 3 nitrogen and oxygen atoms in total. The lowest BCUT2D eigenvalue weighted by molar-refractivity contribution is 0.0324. The van der Waals surface area contributed by atoms with Crippen LogP contribution in [0.1, 0.15) is 18.4 Å². The number of ether oxygens (including phenoxy) is 1. The van der Waals surface area contributed by atoms with E-state index in [4.69, 9.17) is 4.74 Å². The number of aliphatic hydroxyl groups excluding tert-OH is 1. The molecule has 0 radical (unpaired) electrons. The number of hydrogen-bond donors (Lipinski definition) is 2. The Kier molecular flexibility index (Phi) is 5.76. The lowest BCUT2D eigenvalue weighted by Crippen LogP contribution is -2.30. The number of nitrogens with one attached hydrogen (secondary N) is 1. The lowest BCUT2D eigenvalue weighted by Gasteiger charge is -2.13. The molecule has 106 valence electrons. The van der Waals surface area contributed by atoms with Gasteiger partial charge in [0.25, 0.3) is 0 Å². The fraction of sp³-hybridized carbons (Fsp3) is 0.571. The molecule has 1 atom stereocenters. The largest absolute Gasteiger partial charge is 0.389 e. The molecule has 2 N–H and O–H groups in total. The third kappa shape index (κ3) is 5.57. The van der Waals surface area contributed by atoms with E-state index in [2.05, 4.69) is 21.2 Å². The Morgan fingerprint density at radius 2 is 2.26 bits per heavy atom. The van der Waals surface area contributed by atoms with Crippen LogP contribution in [0.5, 0.6) is 0 Å². The predicted octanol–water partition coefficient (Wildman–Crippen LogP) is 2.47. The Balaban J connectivity index is 1.62. The quantitative estimate of drug-likeness (QED) is 0.768. The SMILES string of the molecule is OC(CNCc1cc(F)ccc1Br)COCC1CC1. The van der Waals surface area contributed by atoms with E-state index >= 15 is 0 Å². The molecular weight excluding hydrogens is 313 g/mol. The van der Waals surface area contributed by atoms with Gasteiger partial charge in [0.1, 0.15) is 5.82 Å². The van der Waals surface area contributed by atoms with Gasteiger partial charge in [-0.25, -0.2) is 4.39 Å². The monoisotopic (exact) mass is 331 g/mol. The third-order valence-electron chi connectivity index (χ3n) is 3.06. The van der Waals surface area contributed by atoms with Gasteiger partial charge in [-0.1, -0.05) is 15.9 Å². The molecule has 5 heteroatoms. The van der Waals surface area contributed by atoms with E-state index in [1.165, 1.54) is 25.0 Å². The molecule has 1 unspecified atom stereocenters. The molecule has 1 aromatic rings. The summed E-state index contributed by atoms with van der Waals surface area (Å²) < 4.78 is 19.3. The van der Waals surface area contributed by atoms with Gasteiger partial charge in [0, 0.05) is 24.2 Å². The molecule has 0 aromatic heterocycles. The highest BCUT2D eigenvalue weighted by atomic mass is 79.9. The zero-order valence-electron chi connectivity index (χ0n) is 10.7. The highest BCUT2D eigenvalue weighted by molar-refractivity contribution is 9.10. The topological polar surface area (TPSA) is 41.5 Å². The second-order valence-corrected chi connectivity index (χ2v) is 5.86. The van der Waals surface area contributed by atoms with E-state index in [1.54, 1.807) is 6.07 Å². The van der Waals surface area contributed by atoms with Gasteiger partial charge in [0.2, 0.25) is 0 Å². The van der Waals surface area contributed by atoms with Gasteiger partial charge in [-0.2, -0.15) is 0 Å². The molecule has 0 amide bonds. The summed E-state index contributed by atoms with van der Waals surface area (Å²) in [7, 11) is 0. The molecule has 0 saturated heterocycles. The van der Waals surface area contributed by atoms with Crippen LogP contribution in [0, 0.1) is 11.7 Å². The van der Waals surface area contributed by atoms with Crippen molar-refractivity contribution in [3.05, 3.63) is 34.1 Å². The smallest absolute Gasteiger partial charge is 0.123 e. The highest BCUT2D eigenvalue weighted by Gasteiger charge is 2.21. The van der Waals surface area contributed by atoms with Crippen molar-refractivity contribution >= 4 is 15.9 Å². The summed E-state index contributed by atoms with van der Waals surface area (Å²) in [6.45, 7) is 2.06. The second kappa shape index (κ2) is 7.33. The normalized spacial score (nSPS) is 16.6. The Morgan fingerprint density at radius 3 is 3.00 bits per heavy atom. The highest BCUT2D eigenvalue weighted by Crippen LogP contribution is 2.28. The molecule has 2 rings (SSSR count). The van der Waals surface area contributed by atoms with Crippen LogP contribution in [0.15, 0.2) is 22.7 Å². The van der Waals surface area contributed by atoms with Crippen LogP contribution in [0.2, 0.25) is 0 Å². The number of halogens is 2.